The second-order valence-electron chi connectivity index (χ2n) is 5.86. The van der Waals surface area contributed by atoms with E-state index >= 15 is 0 Å². The smallest absolute Gasteiger partial charge is 0.338 e. The van der Waals surface area contributed by atoms with Crippen molar-refractivity contribution in [3.8, 4) is 5.75 Å². The van der Waals surface area contributed by atoms with E-state index in [1.807, 2.05) is 13.0 Å². The highest BCUT2D eigenvalue weighted by atomic mass is 35.5. The minimum atomic E-state index is -0.644. The molecular weight excluding hydrogens is 386 g/mol. The number of carbonyl (C=O) groups excluding carboxylic acids is 3. The van der Waals surface area contributed by atoms with Gasteiger partial charge in [-0.2, -0.15) is 0 Å². The summed E-state index contributed by atoms with van der Waals surface area (Å²) in [5.74, 6) is -1.51. The summed E-state index contributed by atoms with van der Waals surface area (Å²) in [4.78, 5) is 35.7. The minimum absolute atomic E-state index is 0.105. The first-order valence-corrected chi connectivity index (χ1v) is 8.71. The molecule has 2 aromatic rings. The van der Waals surface area contributed by atoms with Crippen LogP contribution in [-0.2, 0) is 14.3 Å². The number of hydrogen-bond acceptors (Lipinski definition) is 6. The van der Waals surface area contributed by atoms with Crippen LogP contribution in [-0.4, -0.2) is 38.7 Å². The fraction of sp³-hybridized carbons (Fsp3) is 0.250. The van der Waals surface area contributed by atoms with Crippen LogP contribution in [0.25, 0.3) is 0 Å². The van der Waals surface area contributed by atoms with E-state index in [4.69, 9.17) is 16.3 Å². The monoisotopic (exact) mass is 405 g/mol. The number of amides is 1. The summed E-state index contributed by atoms with van der Waals surface area (Å²) in [6.07, 6.45) is 0. The zero-order valence-corrected chi connectivity index (χ0v) is 16.4. The van der Waals surface area contributed by atoms with Crippen LogP contribution in [0, 0.1) is 0 Å². The van der Waals surface area contributed by atoms with E-state index < -0.39 is 11.9 Å². The van der Waals surface area contributed by atoms with Crippen molar-refractivity contribution >= 4 is 29.4 Å². The van der Waals surface area contributed by atoms with Crippen molar-refractivity contribution in [2.75, 3.05) is 20.8 Å². The van der Waals surface area contributed by atoms with Gasteiger partial charge in [-0.1, -0.05) is 23.7 Å². The fourth-order valence-electron chi connectivity index (χ4n) is 2.45. The van der Waals surface area contributed by atoms with E-state index in [1.165, 1.54) is 32.4 Å². The van der Waals surface area contributed by atoms with Crippen molar-refractivity contribution in [1.29, 1.82) is 0 Å². The highest BCUT2D eigenvalue weighted by Crippen LogP contribution is 2.20. The van der Waals surface area contributed by atoms with Gasteiger partial charge in [-0.15, -0.1) is 0 Å². The quantitative estimate of drug-likeness (QED) is 0.711. The lowest BCUT2D eigenvalue weighted by atomic mass is 10.1. The van der Waals surface area contributed by atoms with Crippen molar-refractivity contribution in [1.82, 2.24) is 5.32 Å². The summed E-state index contributed by atoms with van der Waals surface area (Å²) in [5.41, 5.74) is 1.06. The van der Waals surface area contributed by atoms with E-state index in [0.29, 0.717) is 5.02 Å². The number of rotatable bonds is 7. The molecule has 0 saturated carbocycles. The number of methoxy groups -OCH3 is 2. The Morgan fingerprint density at radius 3 is 2.14 bits per heavy atom. The largest absolute Gasteiger partial charge is 0.484 e. The summed E-state index contributed by atoms with van der Waals surface area (Å²) in [7, 11) is 2.44. The Kier molecular flexibility index (Phi) is 7.40. The summed E-state index contributed by atoms with van der Waals surface area (Å²) >= 11 is 5.96. The van der Waals surface area contributed by atoms with Crippen LogP contribution in [0.4, 0.5) is 0 Å². The van der Waals surface area contributed by atoms with Crippen LogP contribution in [0.15, 0.2) is 42.5 Å². The van der Waals surface area contributed by atoms with Gasteiger partial charge in [0.1, 0.15) is 5.75 Å². The molecule has 0 aliphatic carbocycles. The third-order valence-corrected chi connectivity index (χ3v) is 4.08. The predicted octanol–water partition coefficient (Wildman–Crippen LogP) is 3.17. The molecule has 28 heavy (non-hydrogen) atoms. The van der Waals surface area contributed by atoms with Crippen molar-refractivity contribution in [2.24, 2.45) is 0 Å². The zero-order valence-electron chi connectivity index (χ0n) is 15.7. The Morgan fingerprint density at radius 2 is 1.61 bits per heavy atom. The Labute approximate surface area is 167 Å². The van der Waals surface area contributed by atoms with E-state index in [9.17, 15) is 14.4 Å². The van der Waals surface area contributed by atoms with Gasteiger partial charge in [0.25, 0.3) is 5.91 Å². The average molecular weight is 406 g/mol. The van der Waals surface area contributed by atoms with Crippen LogP contribution < -0.4 is 10.1 Å². The molecule has 7 nitrogen and oxygen atoms in total. The van der Waals surface area contributed by atoms with Crippen LogP contribution >= 0.6 is 11.6 Å². The predicted molar refractivity (Wildman–Crippen MR) is 103 cm³/mol. The molecule has 0 aromatic heterocycles. The first-order valence-electron chi connectivity index (χ1n) is 8.33. The van der Waals surface area contributed by atoms with Gasteiger partial charge in [0.2, 0.25) is 0 Å². The SMILES string of the molecule is COC(=O)c1cc(OCC(=O)N[C@H](C)c2cccc(Cl)c2)cc(C(=O)OC)c1. The number of halogens is 1. The van der Waals surface area contributed by atoms with Gasteiger partial charge in [-0.25, -0.2) is 9.59 Å². The second kappa shape index (κ2) is 9.75. The van der Waals surface area contributed by atoms with Gasteiger partial charge in [-0.3, -0.25) is 4.79 Å². The molecule has 1 amide bonds. The third-order valence-electron chi connectivity index (χ3n) is 3.84. The maximum atomic E-state index is 12.2. The Bertz CT molecular complexity index is 848. The highest BCUT2D eigenvalue weighted by molar-refractivity contribution is 6.30. The standard InChI is InChI=1S/C20H20ClNO6/c1-12(13-5-4-6-16(21)8-13)22-18(23)11-28-17-9-14(19(24)26-2)7-15(10-17)20(25)27-3/h4-10,12H,11H2,1-3H3,(H,22,23)/t12-/m1/s1. The van der Waals surface area contributed by atoms with Crippen molar-refractivity contribution < 1.29 is 28.6 Å². The average Bonchev–Trinajstić information content (AvgIpc) is 2.70. The maximum Gasteiger partial charge on any atom is 0.338 e. The molecule has 0 bridgehead atoms. The van der Waals surface area contributed by atoms with Crippen molar-refractivity contribution in [3.05, 3.63) is 64.2 Å². The number of carbonyl (C=O) groups is 3. The minimum Gasteiger partial charge on any atom is -0.484 e. The first kappa shape index (κ1) is 21.2. The lowest BCUT2D eigenvalue weighted by Gasteiger charge is -2.15. The van der Waals surface area contributed by atoms with Crippen LogP contribution in [0.3, 0.4) is 0 Å². The van der Waals surface area contributed by atoms with Crippen LogP contribution in [0.2, 0.25) is 5.02 Å². The fourth-order valence-corrected chi connectivity index (χ4v) is 2.64. The Balaban J connectivity index is 2.07. The van der Waals surface area contributed by atoms with E-state index in [1.54, 1.807) is 18.2 Å². The highest BCUT2D eigenvalue weighted by Gasteiger charge is 2.16. The Hall–Kier alpha value is -3.06. The van der Waals surface area contributed by atoms with E-state index in [2.05, 4.69) is 14.8 Å². The molecule has 0 saturated heterocycles. The van der Waals surface area contributed by atoms with Crippen molar-refractivity contribution in [2.45, 2.75) is 13.0 Å². The van der Waals surface area contributed by atoms with Gasteiger partial charge < -0.3 is 19.5 Å². The summed E-state index contributed by atoms with van der Waals surface area (Å²) in [5, 5.41) is 3.36. The molecule has 0 aliphatic rings. The van der Waals surface area contributed by atoms with Gasteiger partial charge >= 0.3 is 11.9 Å². The molecule has 0 aliphatic heterocycles. The molecule has 0 fully saturated rings. The first-order chi connectivity index (χ1) is 13.3. The summed E-state index contributed by atoms with van der Waals surface area (Å²) in [6.45, 7) is 1.51. The number of nitrogens with one attached hydrogen (secondary N) is 1. The van der Waals surface area contributed by atoms with Gasteiger partial charge in [0.05, 0.1) is 31.4 Å². The molecule has 1 N–H and O–H groups in total. The van der Waals surface area contributed by atoms with Crippen LogP contribution in [0.5, 0.6) is 5.75 Å². The molecule has 1 atom stereocenters. The molecule has 2 rings (SSSR count). The van der Waals surface area contributed by atoms with Gasteiger partial charge in [0.15, 0.2) is 6.61 Å². The third kappa shape index (κ3) is 5.72. The van der Waals surface area contributed by atoms with Gasteiger partial charge in [-0.05, 0) is 42.8 Å². The molecule has 0 radical (unpaired) electrons. The number of esters is 2. The summed E-state index contributed by atoms with van der Waals surface area (Å²) in [6, 6.07) is 11.0. The summed E-state index contributed by atoms with van der Waals surface area (Å²) < 4.78 is 14.8. The van der Waals surface area contributed by atoms with Gasteiger partial charge in [0, 0.05) is 5.02 Å². The molecule has 8 heteroatoms. The maximum absolute atomic E-state index is 12.2. The number of ether oxygens (including phenoxy) is 3. The molecule has 0 spiro atoms. The number of hydrogen-bond donors (Lipinski definition) is 1. The molecular formula is C20H20ClNO6. The normalized spacial score (nSPS) is 11.3. The molecule has 148 valence electrons. The molecule has 2 aromatic carbocycles. The van der Waals surface area contributed by atoms with E-state index in [0.717, 1.165) is 5.56 Å². The second-order valence-corrected chi connectivity index (χ2v) is 6.30. The molecule has 0 unspecified atom stereocenters. The zero-order chi connectivity index (χ0) is 20.7. The topological polar surface area (TPSA) is 90.9 Å². The van der Waals surface area contributed by atoms with Crippen LogP contribution in [0.1, 0.15) is 39.2 Å². The van der Waals surface area contributed by atoms with E-state index in [-0.39, 0.29) is 35.4 Å². The Morgan fingerprint density at radius 1 is 1.00 bits per heavy atom. The molecule has 0 heterocycles. The lowest BCUT2D eigenvalue weighted by Crippen LogP contribution is -2.31. The number of benzene rings is 2. The van der Waals surface area contributed by atoms with Crippen molar-refractivity contribution in [3.63, 3.8) is 0 Å². The lowest BCUT2D eigenvalue weighted by molar-refractivity contribution is -0.123.